The number of hydrogen-bond donors (Lipinski definition) is 2. The number of carbonyl (C=O) groups is 3. The zero-order valence-electron chi connectivity index (χ0n) is 12.1. The average molecular weight is 286 g/mol. The molecule has 0 aromatic rings. The molecule has 114 valence electrons. The van der Waals surface area contributed by atoms with Gasteiger partial charge in [0, 0.05) is 13.6 Å². The normalized spacial score (nSPS) is 19.4. The van der Waals surface area contributed by atoms with E-state index in [-0.39, 0.29) is 12.5 Å². The van der Waals surface area contributed by atoms with Crippen LogP contribution in [0.15, 0.2) is 0 Å². The lowest BCUT2D eigenvalue weighted by Crippen LogP contribution is -2.54. The molecule has 8 heteroatoms. The Hall–Kier alpha value is -1.83. The number of carbonyl (C=O) groups excluding carboxylic acids is 3. The third-order valence-corrected chi connectivity index (χ3v) is 3.05. The van der Waals surface area contributed by atoms with Gasteiger partial charge in [0.05, 0.1) is 12.6 Å². The SMILES string of the molecule is CCOC(=O)N(C)NC(=O)[C@@H]1CCCN1C(=O)[C@H](C)N. The number of nitrogens with two attached hydrogens (primary N) is 1. The van der Waals surface area contributed by atoms with Crippen molar-refractivity contribution < 1.29 is 19.1 Å². The Kier molecular flexibility index (Phi) is 5.75. The smallest absolute Gasteiger partial charge is 0.428 e. The fraction of sp³-hybridized carbons (Fsp3) is 0.750. The van der Waals surface area contributed by atoms with Gasteiger partial charge in [0.15, 0.2) is 0 Å². The number of nitrogens with zero attached hydrogens (tertiary/aromatic N) is 2. The van der Waals surface area contributed by atoms with Crippen LogP contribution in [0.5, 0.6) is 0 Å². The molecular weight excluding hydrogens is 264 g/mol. The summed E-state index contributed by atoms with van der Waals surface area (Å²) in [6.45, 7) is 3.98. The van der Waals surface area contributed by atoms with Gasteiger partial charge in [-0.15, -0.1) is 0 Å². The highest BCUT2D eigenvalue weighted by Gasteiger charge is 2.35. The van der Waals surface area contributed by atoms with E-state index in [1.165, 1.54) is 11.9 Å². The van der Waals surface area contributed by atoms with Gasteiger partial charge < -0.3 is 15.4 Å². The molecule has 8 nitrogen and oxygen atoms in total. The van der Waals surface area contributed by atoms with E-state index in [9.17, 15) is 14.4 Å². The van der Waals surface area contributed by atoms with Crippen molar-refractivity contribution in [1.29, 1.82) is 0 Å². The van der Waals surface area contributed by atoms with Gasteiger partial charge in [-0.2, -0.15) is 0 Å². The summed E-state index contributed by atoms with van der Waals surface area (Å²) in [6.07, 6.45) is 0.643. The zero-order valence-corrected chi connectivity index (χ0v) is 12.1. The largest absolute Gasteiger partial charge is 0.449 e. The predicted molar refractivity (Wildman–Crippen MR) is 71.3 cm³/mol. The van der Waals surface area contributed by atoms with E-state index in [1.807, 2.05) is 0 Å². The molecule has 1 saturated heterocycles. The molecule has 0 unspecified atom stereocenters. The Morgan fingerprint density at radius 2 is 2.15 bits per heavy atom. The number of likely N-dealkylation sites (tertiary alicyclic amines) is 1. The van der Waals surface area contributed by atoms with Crippen molar-refractivity contribution in [3.8, 4) is 0 Å². The first kappa shape index (κ1) is 16.2. The van der Waals surface area contributed by atoms with Gasteiger partial charge in [-0.3, -0.25) is 15.0 Å². The molecule has 3 amide bonds. The molecule has 0 aromatic heterocycles. The molecular formula is C12H22N4O4. The minimum absolute atomic E-state index is 0.220. The minimum atomic E-state index is -0.649. The number of hydrogen-bond acceptors (Lipinski definition) is 5. The first-order chi connectivity index (χ1) is 9.38. The Balaban J connectivity index is 2.62. The summed E-state index contributed by atoms with van der Waals surface area (Å²) in [5.74, 6) is -0.673. The van der Waals surface area contributed by atoms with Crippen LogP contribution < -0.4 is 11.2 Å². The van der Waals surface area contributed by atoms with E-state index >= 15 is 0 Å². The topological polar surface area (TPSA) is 105 Å². The highest BCUT2D eigenvalue weighted by molar-refractivity contribution is 5.90. The fourth-order valence-electron chi connectivity index (χ4n) is 2.07. The zero-order chi connectivity index (χ0) is 15.3. The van der Waals surface area contributed by atoms with E-state index < -0.39 is 24.1 Å². The van der Waals surface area contributed by atoms with Crippen LogP contribution in [0.25, 0.3) is 0 Å². The van der Waals surface area contributed by atoms with Gasteiger partial charge in [-0.05, 0) is 26.7 Å². The maximum Gasteiger partial charge on any atom is 0.428 e. The van der Waals surface area contributed by atoms with Crippen LogP contribution in [0.4, 0.5) is 4.79 Å². The molecule has 1 aliphatic heterocycles. The summed E-state index contributed by atoms with van der Waals surface area (Å²) in [5.41, 5.74) is 7.98. The summed E-state index contributed by atoms with van der Waals surface area (Å²) >= 11 is 0. The van der Waals surface area contributed by atoms with Crippen LogP contribution in [0, 0.1) is 0 Å². The van der Waals surface area contributed by atoms with Gasteiger partial charge >= 0.3 is 6.09 Å². The Morgan fingerprint density at radius 3 is 2.70 bits per heavy atom. The summed E-state index contributed by atoms with van der Waals surface area (Å²) in [7, 11) is 1.39. The molecule has 3 N–H and O–H groups in total. The first-order valence-corrected chi connectivity index (χ1v) is 6.65. The van der Waals surface area contributed by atoms with E-state index in [0.717, 1.165) is 11.4 Å². The lowest BCUT2D eigenvalue weighted by Gasteiger charge is -2.27. The van der Waals surface area contributed by atoms with Crippen molar-refractivity contribution in [3.63, 3.8) is 0 Å². The second kappa shape index (κ2) is 7.09. The monoisotopic (exact) mass is 286 g/mol. The van der Waals surface area contributed by atoms with Gasteiger partial charge in [0.1, 0.15) is 6.04 Å². The van der Waals surface area contributed by atoms with Crippen LogP contribution in [0.2, 0.25) is 0 Å². The summed E-state index contributed by atoms with van der Waals surface area (Å²) in [4.78, 5) is 36.9. The van der Waals surface area contributed by atoms with Crippen molar-refractivity contribution in [2.24, 2.45) is 5.73 Å². The second-order valence-corrected chi connectivity index (χ2v) is 4.71. The summed E-state index contributed by atoms with van der Waals surface area (Å²) < 4.78 is 4.75. The van der Waals surface area contributed by atoms with Gasteiger partial charge in [0.25, 0.3) is 5.91 Å². The number of ether oxygens (including phenoxy) is 1. The average Bonchev–Trinajstić information content (AvgIpc) is 2.86. The van der Waals surface area contributed by atoms with Crippen molar-refractivity contribution in [2.75, 3.05) is 20.2 Å². The second-order valence-electron chi connectivity index (χ2n) is 4.71. The first-order valence-electron chi connectivity index (χ1n) is 6.65. The maximum atomic E-state index is 12.1. The molecule has 0 saturated carbocycles. The van der Waals surface area contributed by atoms with Crippen LogP contribution >= 0.6 is 0 Å². The molecule has 0 aliphatic carbocycles. The molecule has 20 heavy (non-hydrogen) atoms. The Bertz CT molecular complexity index is 386. The van der Waals surface area contributed by atoms with Crippen molar-refractivity contribution >= 4 is 17.9 Å². The lowest BCUT2D eigenvalue weighted by molar-refractivity contribution is -0.140. The molecule has 0 spiro atoms. The molecule has 2 atom stereocenters. The van der Waals surface area contributed by atoms with Gasteiger partial charge in [-0.25, -0.2) is 9.80 Å². The van der Waals surface area contributed by atoms with E-state index in [4.69, 9.17) is 10.5 Å². The van der Waals surface area contributed by atoms with E-state index in [2.05, 4.69) is 5.43 Å². The predicted octanol–water partition coefficient (Wildman–Crippen LogP) is -0.556. The van der Waals surface area contributed by atoms with E-state index in [0.29, 0.717) is 13.0 Å². The fourth-order valence-corrected chi connectivity index (χ4v) is 2.07. The highest BCUT2D eigenvalue weighted by Crippen LogP contribution is 2.18. The number of amides is 3. The lowest BCUT2D eigenvalue weighted by atomic mass is 10.2. The molecule has 0 bridgehead atoms. The Labute approximate surface area is 118 Å². The number of nitrogens with one attached hydrogen (secondary N) is 1. The molecule has 0 radical (unpaired) electrons. The molecule has 1 fully saturated rings. The van der Waals surface area contributed by atoms with Crippen LogP contribution in [0.3, 0.4) is 0 Å². The third kappa shape index (κ3) is 3.83. The van der Waals surface area contributed by atoms with Crippen molar-refractivity contribution in [1.82, 2.24) is 15.3 Å². The molecule has 1 heterocycles. The molecule has 1 aliphatic rings. The van der Waals surface area contributed by atoms with Crippen LogP contribution in [0.1, 0.15) is 26.7 Å². The third-order valence-electron chi connectivity index (χ3n) is 3.05. The van der Waals surface area contributed by atoms with Crippen LogP contribution in [-0.4, -0.2) is 60.1 Å². The summed E-state index contributed by atoms with van der Waals surface area (Å²) in [6, 6.07) is -1.24. The van der Waals surface area contributed by atoms with Crippen molar-refractivity contribution in [2.45, 2.75) is 38.8 Å². The number of rotatable bonds is 3. The molecule has 0 aromatic carbocycles. The molecule has 1 rings (SSSR count). The van der Waals surface area contributed by atoms with Crippen LogP contribution in [-0.2, 0) is 14.3 Å². The van der Waals surface area contributed by atoms with E-state index in [1.54, 1.807) is 13.8 Å². The van der Waals surface area contributed by atoms with Gasteiger partial charge in [-0.1, -0.05) is 0 Å². The highest BCUT2D eigenvalue weighted by atomic mass is 16.6. The van der Waals surface area contributed by atoms with Gasteiger partial charge in [0.2, 0.25) is 5.91 Å². The number of hydrazine groups is 1. The Morgan fingerprint density at radius 1 is 1.50 bits per heavy atom. The quantitative estimate of drug-likeness (QED) is 0.677. The summed E-state index contributed by atoms with van der Waals surface area (Å²) in [5, 5.41) is 0.971. The van der Waals surface area contributed by atoms with Crippen molar-refractivity contribution in [3.05, 3.63) is 0 Å². The maximum absolute atomic E-state index is 12.1. The standard InChI is InChI=1S/C12H22N4O4/c1-4-20-12(19)15(3)14-10(17)9-6-5-7-16(9)11(18)8(2)13/h8-9H,4-7,13H2,1-3H3,(H,14,17)/t8-,9-/m0/s1. The minimum Gasteiger partial charge on any atom is -0.449 e.